The molecule has 5 nitrogen and oxygen atoms in total. The Hall–Kier alpha value is -3.34. The fraction of sp³-hybridized carbons (Fsp3) is 0.100. The molecule has 0 bridgehead atoms. The van der Waals surface area contributed by atoms with Crippen LogP contribution in [0.25, 0.3) is 21.7 Å². The number of carbonyl (C=O) groups is 1. The molecule has 0 saturated heterocycles. The SMILES string of the molecule is Cc1ccc2onc(CC(=O)Nc3cccc4c(O)cccc34)c2c1. The molecule has 1 aromatic heterocycles. The third-order valence-electron chi connectivity index (χ3n) is 4.20. The maximum Gasteiger partial charge on any atom is 0.230 e. The number of anilines is 1. The van der Waals surface area contributed by atoms with E-state index in [0.717, 1.165) is 16.3 Å². The van der Waals surface area contributed by atoms with E-state index in [1.807, 2.05) is 43.3 Å². The van der Waals surface area contributed by atoms with Crippen molar-refractivity contribution in [2.75, 3.05) is 5.32 Å². The van der Waals surface area contributed by atoms with Crippen molar-refractivity contribution in [1.29, 1.82) is 0 Å². The lowest BCUT2D eigenvalue weighted by Gasteiger charge is -2.09. The highest BCUT2D eigenvalue weighted by Gasteiger charge is 2.14. The van der Waals surface area contributed by atoms with E-state index >= 15 is 0 Å². The number of nitrogens with zero attached hydrogens (tertiary/aromatic N) is 1. The van der Waals surface area contributed by atoms with Gasteiger partial charge in [0.25, 0.3) is 0 Å². The summed E-state index contributed by atoms with van der Waals surface area (Å²) < 4.78 is 5.28. The first kappa shape index (κ1) is 15.2. The quantitative estimate of drug-likeness (QED) is 0.590. The predicted molar refractivity (Wildman–Crippen MR) is 96.7 cm³/mol. The highest BCUT2D eigenvalue weighted by molar-refractivity contribution is 6.04. The highest BCUT2D eigenvalue weighted by atomic mass is 16.5. The molecule has 0 spiro atoms. The van der Waals surface area contributed by atoms with Gasteiger partial charge in [-0.3, -0.25) is 4.79 Å². The van der Waals surface area contributed by atoms with Crippen molar-refractivity contribution in [2.24, 2.45) is 0 Å². The fourth-order valence-electron chi connectivity index (χ4n) is 2.98. The van der Waals surface area contributed by atoms with Crippen LogP contribution in [0.5, 0.6) is 5.75 Å². The van der Waals surface area contributed by atoms with Crippen LogP contribution in [-0.2, 0) is 11.2 Å². The first-order valence-corrected chi connectivity index (χ1v) is 7.97. The number of aromatic nitrogens is 1. The van der Waals surface area contributed by atoms with Gasteiger partial charge in [0, 0.05) is 21.8 Å². The molecule has 0 atom stereocenters. The minimum Gasteiger partial charge on any atom is -0.507 e. The third-order valence-corrected chi connectivity index (χ3v) is 4.20. The van der Waals surface area contributed by atoms with E-state index in [0.29, 0.717) is 22.4 Å². The van der Waals surface area contributed by atoms with E-state index in [9.17, 15) is 9.90 Å². The Morgan fingerprint density at radius 3 is 2.76 bits per heavy atom. The predicted octanol–water partition coefficient (Wildman–Crippen LogP) is 4.18. The minimum absolute atomic E-state index is 0.117. The summed E-state index contributed by atoms with van der Waals surface area (Å²) in [6.45, 7) is 1.98. The second-order valence-corrected chi connectivity index (χ2v) is 6.03. The Morgan fingerprint density at radius 1 is 1.08 bits per heavy atom. The standard InChI is InChI=1S/C20H16N2O3/c1-12-8-9-19-15(10-12)17(22-25-19)11-20(24)21-16-6-2-5-14-13(16)4-3-7-18(14)23/h2-10,23H,11H2,1H3,(H,21,24). The third kappa shape index (κ3) is 2.80. The topological polar surface area (TPSA) is 75.4 Å². The Kier molecular flexibility index (Phi) is 3.61. The second kappa shape index (κ2) is 5.94. The molecule has 0 aliphatic carbocycles. The van der Waals surface area contributed by atoms with Crippen LogP contribution in [0.15, 0.2) is 59.1 Å². The molecule has 1 amide bonds. The van der Waals surface area contributed by atoms with Crippen LogP contribution >= 0.6 is 0 Å². The van der Waals surface area contributed by atoms with E-state index in [1.54, 1.807) is 18.2 Å². The molecule has 5 heteroatoms. The number of hydrogen-bond donors (Lipinski definition) is 2. The van der Waals surface area contributed by atoms with Gasteiger partial charge in [-0.25, -0.2) is 0 Å². The summed E-state index contributed by atoms with van der Waals surface area (Å²) in [4.78, 5) is 12.5. The molecular formula is C20H16N2O3. The van der Waals surface area contributed by atoms with Gasteiger partial charge < -0.3 is 14.9 Å². The molecule has 0 aliphatic rings. The number of aryl methyl sites for hydroxylation is 1. The number of carbonyl (C=O) groups excluding carboxylic acids is 1. The summed E-state index contributed by atoms with van der Waals surface area (Å²) >= 11 is 0. The van der Waals surface area contributed by atoms with E-state index in [4.69, 9.17) is 4.52 Å². The number of aromatic hydroxyl groups is 1. The fourth-order valence-corrected chi connectivity index (χ4v) is 2.98. The maximum absolute atomic E-state index is 12.5. The molecule has 0 aliphatic heterocycles. The molecule has 4 aromatic rings. The van der Waals surface area contributed by atoms with Crippen LogP contribution in [0.2, 0.25) is 0 Å². The molecule has 4 rings (SSSR count). The van der Waals surface area contributed by atoms with Crippen LogP contribution in [0, 0.1) is 6.92 Å². The lowest BCUT2D eigenvalue weighted by molar-refractivity contribution is -0.115. The zero-order valence-electron chi connectivity index (χ0n) is 13.6. The molecule has 1 heterocycles. The van der Waals surface area contributed by atoms with Gasteiger partial charge in [-0.15, -0.1) is 0 Å². The molecule has 0 unspecified atom stereocenters. The molecule has 0 saturated carbocycles. The normalized spacial score (nSPS) is 11.1. The van der Waals surface area contributed by atoms with Gasteiger partial charge in [-0.2, -0.15) is 0 Å². The van der Waals surface area contributed by atoms with Crippen molar-refractivity contribution < 1.29 is 14.4 Å². The Labute approximate surface area is 143 Å². The highest BCUT2D eigenvalue weighted by Crippen LogP contribution is 2.30. The number of nitrogens with one attached hydrogen (secondary N) is 1. The van der Waals surface area contributed by atoms with E-state index in [2.05, 4.69) is 10.5 Å². The first-order chi connectivity index (χ1) is 12.1. The zero-order valence-corrected chi connectivity index (χ0v) is 13.6. The Bertz CT molecular complexity index is 1100. The Morgan fingerprint density at radius 2 is 1.88 bits per heavy atom. The van der Waals surface area contributed by atoms with Crippen LogP contribution in [0.3, 0.4) is 0 Å². The summed E-state index contributed by atoms with van der Waals surface area (Å²) in [5.74, 6) is -0.000816. The number of hydrogen-bond acceptors (Lipinski definition) is 4. The lowest BCUT2D eigenvalue weighted by atomic mass is 10.1. The van der Waals surface area contributed by atoms with Gasteiger partial charge in [-0.05, 0) is 31.2 Å². The van der Waals surface area contributed by atoms with Gasteiger partial charge in [0.15, 0.2) is 5.58 Å². The van der Waals surface area contributed by atoms with Crippen LogP contribution in [0.4, 0.5) is 5.69 Å². The van der Waals surface area contributed by atoms with Crippen molar-refractivity contribution >= 4 is 33.3 Å². The average molecular weight is 332 g/mol. The van der Waals surface area contributed by atoms with Crippen LogP contribution in [0.1, 0.15) is 11.3 Å². The molecule has 2 N–H and O–H groups in total. The van der Waals surface area contributed by atoms with E-state index in [1.165, 1.54) is 0 Å². The molecular weight excluding hydrogens is 316 g/mol. The molecule has 0 fully saturated rings. The molecule has 124 valence electrons. The lowest BCUT2D eigenvalue weighted by Crippen LogP contribution is -2.15. The van der Waals surface area contributed by atoms with Crippen molar-refractivity contribution in [1.82, 2.24) is 5.16 Å². The first-order valence-electron chi connectivity index (χ1n) is 7.97. The monoisotopic (exact) mass is 332 g/mol. The largest absolute Gasteiger partial charge is 0.507 e. The number of rotatable bonds is 3. The number of benzene rings is 3. The maximum atomic E-state index is 12.5. The van der Waals surface area contributed by atoms with Crippen molar-refractivity contribution in [3.63, 3.8) is 0 Å². The van der Waals surface area contributed by atoms with Crippen LogP contribution in [-0.4, -0.2) is 16.2 Å². The second-order valence-electron chi connectivity index (χ2n) is 6.03. The van der Waals surface area contributed by atoms with Crippen molar-refractivity contribution in [3.05, 3.63) is 65.9 Å². The number of fused-ring (bicyclic) bond motifs is 2. The van der Waals surface area contributed by atoms with E-state index < -0.39 is 0 Å². The van der Waals surface area contributed by atoms with Gasteiger partial charge in [-0.1, -0.05) is 41.1 Å². The van der Waals surface area contributed by atoms with Gasteiger partial charge in [0.1, 0.15) is 11.4 Å². The zero-order chi connectivity index (χ0) is 17.4. The van der Waals surface area contributed by atoms with Gasteiger partial charge in [0.05, 0.1) is 6.42 Å². The summed E-state index contributed by atoms with van der Waals surface area (Å²) in [5, 5.41) is 19.2. The smallest absolute Gasteiger partial charge is 0.230 e. The summed E-state index contributed by atoms with van der Waals surface area (Å²) in [7, 11) is 0. The summed E-state index contributed by atoms with van der Waals surface area (Å²) in [5.41, 5.74) is 3.02. The summed E-state index contributed by atoms with van der Waals surface area (Å²) in [6.07, 6.45) is 0.117. The Balaban J connectivity index is 1.62. The number of phenols is 1. The van der Waals surface area contributed by atoms with E-state index in [-0.39, 0.29) is 18.1 Å². The van der Waals surface area contributed by atoms with Crippen molar-refractivity contribution in [3.8, 4) is 5.75 Å². The molecule has 0 radical (unpaired) electrons. The van der Waals surface area contributed by atoms with Crippen molar-refractivity contribution in [2.45, 2.75) is 13.3 Å². The minimum atomic E-state index is -0.187. The van der Waals surface area contributed by atoms with Crippen LogP contribution < -0.4 is 5.32 Å². The van der Waals surface area contributed by atoms with Gasteiger partial charge in [0.2, 0.25) is 5.91 Å². The summed E-state index contributed by atoms with van der Waals surface area (Å²) in [6, 6.07) is 16.4. The molecule has 3 aromatic carbocycles. The number of phenolic OH excluding ortho intramolecular Hbond substituents is 1. The van der Waals surface area contributed by atoms with Gasteiger partial charge >= 0.3 is 0 Å². The number of amides is 1. The molecule has 25 heavy (non-hydrogen) atoms. The average Bonchev–Trinajstić information content (AvgIpc) is 2.98.